The monoisotopic (exact) mass is 272 g/mol. The van der Waals surface area contributed by atoms with Crippen molar-refractivity contribution >= 4 is 5.69 Å². The van der Waals surface area contributed by atoms with Crippen LogP contribution in [0.1, 0.15) is 51.0 Å². The van der Waals surface area contributed by atoms with Gasteiger partial charge in [0.05, 0.1) is 0 Å². The molecule has 1 aliphatic carbocycles. The van der Waals surface area contributed by atoms with E-state index in [9.17, 15) is 0 Å². The van der Waals surface area contributed by atoms with Crippen LogP contribution >= 0.6 is 0 Å². The van der Waals surface area contributed by atoms with Gasteiger partial charge in [-0.1, -0.05) is 31.5 Å². The number of nitrogens with zero attached hydrogens (tertiary/aromatic N) is 1. The minimum Gasteiger partial charge on any atom is -0.368 e. The predicted molar refractivity (Wildman–Crippen MR) is 86.1 cm³/mol. The standard InChI is InChI=1S/C18H28N2/c1-2-16(19)13-15-7-3-4-10-18(15)20-12-6-9-14-8-5-11-17(14)20/h3-4,7,10,14,16-17H,2,5-6,8-9,11-13,19H2,1H3. The maximum atomic E-state index is 6.19. The summed E-state index contributed by atoms with van der Waals surface area (Å²) in [6.07, 6.45) is 9.12. The van der Waals surface area contributed by atoms with Gasteiger partial charge in [-0.2, -0.15) is 0 Å². The number of hydrogen-bond acceptors (Lipinski definition) is 2. The molecule has 110 valence electrons. The lowest BCUT2D eigenvalue weighted by molar-refractivity contribution is 0.362. The van der Waals surface area contributed by atoms with Crippen molar-refractivity contribution in [1.82, 2.24) is 0 Å². The molecule has 0 bridgehead atoms. The van der Waals surface area contributed by atoms with Gasteiger partial charge in [-0.15, -0.1) is 0 Å². The molecule has 2 nitrogen and oxygen atoms in total. The van der Waals surface area contributed by atoms with E-state index in [1.807, 2.05) is 0 Å². The molecular formula is C18H28N2. The molecule has 1 heterocycles. The SMILES string of the molecule is CCC(N)Cc1ccccc1N1CCCC2CCCC21. The first-order valence-electron chi connectivity index (χ1n) is 8.39. The van der Waals surface area contributed by atoms with Crippen LogP contribution in [0.25, 0.3) is 0 Å². The Hall–Kier alpha value is -1.02. The molecule has 0 radical (unpaired) electrons. The van der Waals surface area contributed by atoms with Gasteiger partial charge in [-0.25, -0.2) is 0 Å². The highest BCUT2D eigenvalue weighted by atomic mass is 15.2. The zero-order valence-electron chi connectivity index (χ0n) is 12.7. The van der Waals surface area contributed by atoms with Crippen LogP contribution in [0.5, 0.6) is 0 Å². The van der Waals surface area contributed by atoms with E-state index in [2.05, 4.69) is 36.1 Å². The molecule has 3 unspecified atom stereocenters. The van der Waals surface area contributed by atoms with Gasteiger partial charge in [0.25, 0.3) is 0 Å². The van der Waals surface area contributed by atoms with Crippen LogP contribution < -0.4 is 10.6 Å². The Morgan fingerprint density at radius 3 is 2.85 bits per heavy atom. The summed E-state index contributed by atoms with van der Waals surface area (Å²) in [6.45, 7) is 3.42. The second-order valence-electron chi connectivity index (χ2n) is 6.60. The molecule has 0 aromatic heterocycles. The summed E-state index contributed by atoms with van der Waals surface area (Å²) in [7, 11) is 0. The number of benzene rings is 1. The fraction of sp³-hybridized carbons (Fsp3) is 0.667. The Labute approximate surface area is 123 Å². The van der Waals surface area contributed by atoms with Gasteiger partial charge >= 0.3 is 0 Å². The summed E-state index contributed by atoms with van der Waals surface area (Å²) in [5.41, 5.74) is 9.11. The number of fused-ring (bicyclic) bond motifs is 1. The van der Waals surface area contributed by atoms with Crippen molar-refractivity contribution in [3.05, 3.63) is 29.8 Å². The Kier molecular flexibility index (Phi) is 4.30. The maximum absolute atomic E-state index is 6.19. The third kappa shape index (κ3) is 2.71. The second-order valence-corrected chi connectivity index (χ2v) is 6.60. The van der Waals surface area contributed by atoms with E-state index in [1.165, 1.54) is 49.9 Å². The molecule has 3 atom stereocenters. The molecule has 2 N–H and O–H groups in total. The molecule has 1 saturated carbocycles. The topological polar surface area (TPSA) is 29.3 Å². The summed E-state index contributed by atoms with van der Waals surface area (Å²) in [4.78, 5) is 2.71. The van der Waals surface area contributed by atoms with Crippen LogP contribution in [-0.4, -0.2) is 18.6 Å². The third-order valence-electron chi connectivity index (χ3n) is 5.30. The molecule has 2 heteroatoms. The largest absolute Gasteiger partial charge is 0.368 e. The lowest BCUT2D eigenvalue weighted by Gasteiger charge is -2.40. The number of nitrogens with two attached hydrogens (primary N) is 1. The molecule has 20 heavy (non-hydrogen) atoms. The molecule has 0 spiro atoms. The quantitative estimate of drug-likeness (QED) is 0.905. The van der Waals surface area contributed by atoms with Crippen molar-refractivity contribution in [3.63, 3.8) is 0 Å². The molecule has 2 fully saturated rings. The molecule has 1 saturated heterocycles. The van der Waals surface area contributed by atoms with Crippen LogP contribution in [-0.2, 0) is 6.42 Å². The molecule has 3 rings (SSSR count). The maximum Gasteiger partial charge on any atom is 0.0401 e. The average molecular weight is 272 g/mol. The molecule has 1 aromatic carbocycles. The number of hydrogen-bond donors (Lipinski definition) is 1. The number of piperidine rings is 1. The lowest BCUT2D eigenvalue weighted by Crippen LogP contribution is -2.43. The Morgan fingerprint density at radius 2 is 2.00 bits per heavy atom. The molecule has 2 aliphatic rings. The van der Waals surface area contributed by atoms with Crippen molar-refractivity contribution in [1.29, 1.82) is 0 Å². The Balaban J connectivity index is 1.85. The molecule has 0 amide bonds. The van der Waals surface area contributed by atoms with Crippen LogP contribution in [0.3, 0.4) is 0 Å². The summed E-state index contributed by atoms with van der Waals surface area (Å²) >= 11 is 0. The van der Waals surface area contributed by atoms with E-state index in [0.29, 0.717) is 6.04 Å². The van der Waals surface area contributed by atoms with Crippen LogP contribution in [0.2, 0.25) is 0 Å². The van der Waals surface area contributed by atoms with Gasteiger partial charge in [0, 0.05) is 24.3 Å². The number of anilines is 1. The highest BCUT2D eigenvalue weighted by molar-refractivity contribution is 5.55. The first-order valence-corrected chi connectivity index (χ1v) is 8.39. The first-order chi connectivity index (χ1) is 9.79. The van der Waals surface area contributed by atoms with Gasteiger partial charge in [-0.3, -0.25) is 0 Å². The van der Waals surface area contributed by atoms with Crippen molar-refractivity contribution < 1.29 is 0 Å². The van der Waals surface area contributed by atoms with Crippen molar-refractivity contribution in [2.24, 2.45) is 11.7 Å². The second kappa shape index (κ2) is 6.17. The summed E-state index contributed by atoms with van der Waals surface area (Å²) in [6, 6.07) is 10.0. The summed E-state index contributed by atoms with van der Waals surface area (Å²) < 4.78 is 0. The smallest absolute Gasteiger partial charge is 0.0401 e. The van der Waals surface area contributed by atoms with E-state index in [1.54, 1.807) is 0 Å². The lowest BCUT2D eigenvalue weighted by atomic mass is 9.90. The van der Waals surface area contributed by atoms with E-state index < -0.39 is 0 Å². The van der Waals surface area contributed by atoms with Gasteiger partial charge < -0.3 is 10.6 Å². The van der Waals surface area contributed by atoms with Gasteiger partial charge in [0.2, 0.25) is 0 Å². The van der Waals surface area contributed by atoms with Crippen molar-refractivity contribution in [2.45, 2.75) is 64.0 Å². The number of rotatable bonds is 4. The fourth-order valence-electron chi connectivity index (χ4n) is 4.14. The van der Waals surface area contributed by atoms with Gasteiger partial charge in [-0.05, 0) is 56.1 Å². The minimum atomic E-state index is 0.292. The summed E-state index contributed by atoms with van der Waals surface area (Å²) in [5.74, 6) is 0.941. The van der Waals surface area contributed by atoms with Crippen molar-refractivity contribution in [3.8, 4) is 0 Å². The third-order valence-corrected chi connectivity index (χ3v) is 5.30. The van der Waals surface area contributed by atoms with Crippen LogP contribution in [0.15, 0.2) is 24.3 Å². The molecule has 1 aromatic rings. The minimum absolute atomic E-state index is 0.292. The Bertz CT molecular complexity index is 443. The normalized spacial score (nSPS) is 27.4. The zero-order chi connectivity index (χ0) is 13.9. The fourth-order valence-corrected chi connectivity index (χ4v) is 4.14. The van der Waals surface area contributed by atoms with E-state index >= 15 is 0 Å². The van der Waals surface area contributed by atoms with E-state index in [0.717, 1.165) is 24.8 Å². The van der Waals surface area contributed by atoms with Crippen LogP contribution in [0, 0.1) is 5.92 Å². The van der Waals surface area contributed by atoms with E-state index in [4.69, 9.17) is 5.73 Å². The van der Waals surface area contributed by atoms with Gasteiger partial charge in [0.15, 0.2) is 0 Å². The highest BCUT2D eigenvalue weighted by Crippen LogP contribution is 2.40. The Morgan fingerprint density at radius 1 is 1.20 bits per heavy atom. The summed E-state index contributed by atoms with van der Waals surface area (Å²) in [5, 5.41) is 0. The first kappa shape index (κ1) is 13.9. The predicted octanol–water partition coefficient (Wildman–Crippen LogP) is 3.74. The van der Waals surface area contributed by atoms with Crippen LogP contribution in [0.4, 0.5) is 5.69 Å². The van der Waals surface area contributed by atoms with Gasteiger partial charge in [0.1, 0.15) is 0 Å². The average Bonchev–Trinajstić information content (AvgIpc) is 2.96. The highest BCUT2D eigenvalue weighted by Gasteiger charge is 2.35. The molecular weight excluding hydrogens is 244 g/mol. The van der Waals surface area contributed by atoms with Crippen molar-refractivity contribution in [2.75, 3.05) is 11.4 Å². The zero-order valence-corrected chi connectivity index (χ0v) is 12.7. The number of para-hydroxylation sites is 1. The molecule has 1 aliphatic heterocycles. The van der Waals surface area contributed by atoms with E-state index in [-0.39, 0.29) is 0 Å².